The summed E-state index contributed by atoms with van der Waals surface area (Å²) in [5, 5.41) is 7.02. The second-order valence-electron chi connectivity index (χ2n) is 7.94. The topological polar surface area (TPSA) is 89.3 Å². The number of nitrogens with zero attached hydrogens (tertiary/aromatic N) is 7. The Morgan fingerprint density at radius 2 is 1.84 bits per heavy atom. The minimum atomic E-state index is -4.59. The van der Waals surface area contributed by atoms with E-state index < -0.39 is 18.0 Å². The molecule has 1 fully saturated rings. The molecule has 2 aromatic heterocycles. The minimum Gasteiger partial charge on any atom is -0.378 e. The summed E-state index contributed by atoms with van der Waals surface area (Å²) in [5.74, 6) is -0.761. The van der Waals surface area contributed by atoms with E-state index in [1.165, 1.54) is 4.90 Å². The van der Waals surface area contributed by atoms with Gasteiger partial charge in [-0.05, 0) is 18.9 Å². The SMILES string of the molecule is CC(C)c1cc(C(=O)N2CCn3c(nnc3C(F)(F)F)C2C)nc(N2CCOCC2)n1. The van der Waals surface area contributed by atoms with Crippen molar-refractivity contribution in [3.63, 3.8) is 0 Å². The van der Waals surface area contributed by atoms with Gasteiger partial charge in [0.15, 0.2) is 5.82 Å². The Morgan fingerprint density at radius 1 is 1.13 bits per heavy atom. The van der Waals surface area contributed by atoms with Crippen LogP contribution in [0.4, 0.5) is 19.1 Å². The van der Waals surface area contributed by atoms with Crippen molar-refractivity contribution in [2.24, 2.45) is 0 Å². The average Bonchev–Trinajstić information content (AvgIpc) is 3.19. The smallest absolute Gasteiger partial charge is 0.378 e. The van der Waals surface area contributed by atoms with E-state index in [0.717, 1.165) is 10.3 Å². The number of rotatable bonds is 3. The quantitative estimate of drug-likeness (QED) is 0.725. The van der Waals surface area contributed by atoms with E-state index in [1.54, 1.807) is 13.0 Å². The molecule has 2 aliphatic rings. The van der Waals surface area contributed by atoms with Crippen molar-refractivity contribution in [3.8, 4) is 0 Å². The highest BCUT2D eigenvalue weighted by Gasteiger charge is 2.42. The summed E-state index contributed by atoms with van der Waals surface area (Å²) in [6, 6.07) is 0.985. The first-order chi connectivity index (χ1) is 14.7. The van der Waals surface area contributed by atoms with Crippen LogP contribution in [0.1, 0.15) is 60.6 Å². The number of fused-ring (bicyclic) bond motifs is 1. The molecule has 0 bridgehead atoms. The number of ether oxygens (including phenoxy) is 1. The maximum absolute atomic E-state index is 13.3. The summed E-state index contributed by atoms with van der Waals surface area (Å²) < 4.78 is 45.9. The first kappa shape index (κ1) is 21.5. The van der Waals surface area contributed by atoms with Gasteiger partial charge in [-0.1, -0.05) is 13.8 Å². The minimum absolute atomic E-state index is 0.0360. The Balaban J connectivity index is 1.65. The highest BCUT2D eigenvalue weighted by Crippen LogP contribution is 2.33. The van der Waals surface area contributed by atoms with Crippen molar-refractivity contribution >= 4 is 11.9 Å². The van der Waals surface area contributed by atoms with Crippen LogP contribution >= 0.6 is 0 Å². The van der Waals surface area contributed by atoms with Gasteiger partial charge in [0.25, 0.3) is 5.91 Å². The summed E-state index contributed by atoms with van der Waals surface area (Å²) in [4.78, 5) is 25.9. The Kier molecular flexibility index (Phi) is 5.58. The molecule has 31 heavy (non-hydrogen) atoms. The third-order valence-electron chi connectivity index (χ3n) is 5.54. The predicted molar refractivity (Wildman–Crippen MR) is 104 cm³/mol. The summed E-state index contributed by atoms with van der Waals surface area (Å²) in [6.07, 6.45) is -4.59. The molecule has 0 spiro atoms. The van der Waals surface area contributed by atoms with Gasteiger partial charge >= 0.3 is 6.18 Å². The van der Waals surface area contributed by atoms with E-state index in [1.807, 2.05) is 18.7 Å². The molecule has 1 saturated heterocycles. The van der Waals surface area contributed by atoms with Gasteiger partial charge in [-0.2, -0.15) is 13.2 Å². The molecule has 0 radical (unpaired) electrons. The maximum Gasteiger partial charge on any atom is 0.451 e. The van der Waals surface area contributed by atoms with Crippen molar-refractivity contribution in [1.29, 1.82) is 0 Å². The number of alkyl halides is 3. The molecule has 4 rings (SSSR count). The van der Waals surface area contributed by atoms with Gasteiger partial charge in [-0.25, -0.2) is 9.97 Å². The van der Waals surface area contributed by atoms with Crippen LogP contribution in [0.5, 0.6) is 0 Å². The van der Waals surface area contributed by atoms with E-state index in [0.29, 0.717) is 32.3 Å². The fraction of sp³-hybridized carbons (Fsp3) is 0.632. The molecule has 0 saturated carbocycles. The fourth-order valence-electron chi connectivity index (χ4n) is 3.78. The second-order valence-corrected chi connectivity index (χ2v) is 7.94. The fourth-order valence-corrected chi connectivity index (χ4v) is 3.78. The monoisotopic (exact) mass is 439 g/mol. The zero-order valence-electron chi connectivity index (χ0n) is 17.6. The molecule has 1 amide bonds. The molecule has 1 atom stereocenters. The Bertz CT molecular complexity index is 970. The third-order valence-corrected chi connectivity index (χ3v) is 5.54. The Labute approximate surface area is 177 Å². The molecule has 12 heteroatoms. The largest absolute Gasteiger partial charge is 0.451 e. The van der Waals surface area contributed by atoms with Gasteiger partial charge in [0, 0.05) is 31.9 Å². The van der Waals surface area contributed by atoms with Crippen molar-refractivity contribution < 1.29 is 22.7 Å². The Hall–Kier alpha value is -2.76. The zero-order chi connectivity index (χ0) is 22.3. The second kappa shape index (κ2) is 8.06. The number of carbonyl (C=O) groups is 1. The van der Waals surface area contributed by atoms with Crippen LogP contribution in [-0.2, 0) is 17.5 Å². The van der Waals surface area contributed by atoms with Crippen LogP contribution < -0.4 is 4.90 Å². The van der Waals surface area contributed by atoms with Crippen LogP contribution in [0.15, 0.2) is 6.07 Å². The maximum atomic E-state index is 13.3. The lowest BCUT2D eigenvalue weighted by atomic mass is 10.1. The van der Waals surface area contributed by atoms with E-state index in [4.69, 9.17) is 4.74 Å². The van der Waals surface area contributed by atoms with Gasteiger partial charge in [0.1, 0.15) is 5.69 Å². The summed E-state index contributed by atoms with van der Waals surface area (Å²) >= 11 is 0. The average molecular weight is 439 g/mol. The van der Waals surface area contributed by atoms with E-state index >= 15 is 0 Å². The number of morpholine rings is 1. The van der Waals surface area contributed by atoms with Crippen LogP contribution in [0.3, 0.4) is 0 Å². The number of aromatic nitrogens is 5. The summed E-state index contributed by atoms with van der Waals surface area (Å²) in [7, 11) is 0. The number of hydrogen-bond acceptors (Lipinski definition) is 7. The first-order valence-electron chi connectivity index (χ1n) is 10.2. The normalized spacial score (nSPS) is 19.6. The molecule has 0 N–H and O–H groups in total. The van der Waals surface area contributed by atoms with Crippen molar-refractivity contribution in [3.05, 3.63) is 29.1 Å². The number of hydrogen-bond donors (Lipinski definition) is 0. The lowest BCUT2D eigenvalue weighted by molar-refractivity contribution is -0.148. The molecule has 2 aromatic rings. The van der Waals surface area contributed by atoms with Gasteiger partial charge in [-0.3, -0.25) is 4.79 Å². The number of anilines is 1. The number of carbonyl (C=O) groups excluding carboxylic acids is 1. The van der Waals surface area contributed by atoms with E-state index in [-0.39, 0.29) is 36.4 Å². The van der Waals surface area contributed by atoms with Gasteiger partial charge in [0.05, 0.1) is 19.3 Å². The number of amides is 1. The van der Waals surface area contributed by atoms with Crippen molar-refractivity contribution in [2.45, 2.75) is 45.5 Å². The highest BCUT2D eigenvalue weighted by atomic mass is 19.4. The van der Waals surface area contributed by atoms with Crippen LogP contribution in [0.25, 0.3) is 0 Å². The molecule has 4 heterocycles. The molecular formula is C19H24F3N7O2. The zero-order valence-corrected chi connectivity index (χ0v) is 17.6. The van der Waals surface area contributed by atoms with Gasteiger partial charge in [0.2, 0.25) is 11.8 Å². The molecule has 9 nitrogen and oxygen atoms in total. The third kappa shape index (κ3) is 4.08. The number of halogens is 3. The van der Waals surface area contributed by atoms with Crippen LogP contribution in [-0.4, -0.2) is 68.4 Å². The Morgan fingerprint density at radius 3 is 2.48 bits per heavy atom. The van der Waals surface area contributed by atoms with Crippen LogP contribution in [0, 0.1) is 0 Å². The molecule has 0 aliphatic carbocycles. The van der Waals surface area contributed by atoms with Gasteiger partial charge < -0.3 is 19.1 Å². The van der Waals surface area contributed by atoms with Crippen molar-refractivity contribution in [1.82, 2.24) is 29.6 Å². The molecule has 1 unspecified atom stereocenters. The van der Waals surface area contributed by atoms with E-state index in [2.05, 4.69) is 20.2 Å². The molecule has 2 aliphatic heterocycles. The van der Waals surface area contributed by atoms with E-state index in [9.17, 15) is 18.0 Å². The highest BCUT2D eigenvalue weighted by molar-refractivity contribution is 5.93. The molecule has 168 valence electrons. The summed E-state index contributed by atoms with van der Waals surface area (Å²) in [6.45, 7) is 8.02. The molecular weight excluding hydrogens is 415 g/mol. The summed E-state index contributed by atoms with van der Waals surface area (Å²) in [5.41, 5.74) is 0.947. The molecule has 0 aromatic carbocycles. The van der Waals surface area contributed by atoms with Gasteiger partial charge in [-0.15, -0.1) is 10.2 Å². The first-order valence-corrected chi connectivity index (χ1v) is 10.2. The lowest BCUT2D eigenvalue weighted by Gasteiger charge is -2.34. The standard InChI is InChI=1S/C19H24F3N7O2/c1-11(2)13-10-14(24-18(23-13)27-6-8-31-9-7-27)16(30)28-4-5-29-15(12(28)3)25-26-17(29)19(20,21)22/h10-12H,4-9H2,1-3H3. The van der Waals surface area contributed by atoms with Crippen LogP contribution in [0.2, 0.25) is 0 Å². The predicted octanol–water partition coefficient (Wildman–Crippen LogP) is 2.26. The van der Waals surface area contributed by atoms with Crippen molar-refractivity contribution in [2.75, 3.05) is 37.7 Å². The lowest BCUT2D eigenvalue weighted by Crippen LogP contribution is -2.43.